The van der Waals surface area contributed by atoms with E-state index in [0.717, 1.165) is 13.0 Å². The number of nitrogens with zero attached hydrogens (tertiary/aromatic N) is 1. The van der Waals surface area contributed by atoms with E-state index in [1.54, 1.807) is 4.90 Å². The fourth-order valence-electron chi connectivity index (χ4n) is 3.37. The number of nitrogens with one attached hydrogen (secondary N) is 1. The third-order valence-corrected chi connectivity index (χ3v) is 4.55. The van der Waals surface area contributed by atoms with E-state index in [9.17, 15) is 4.79 Å². The third-order valence-electron chi connectivity index (χ3n) is 4.55. The van der Waals surface area contributed by atoms with Gasteiger partial charge in [0.15, 0.2) is 0 Å². The summed E-state index contributed by atoms with van der Waals surface area (Å²) in [6.45, 7) is 5.05. The molecule has 3 rings (SSSR count). The molecule has 5 heteroatoms. The van der Waals surface area contributed by atoms with Crippen LogP contribution >= 0.6 is 0 Å². The van der Waals surface area contributed by atoms with E-state index in [0.29, 0.717) is 6.79 Å². The van der Waals surface area contributed by atoms with Crippen LogP contribution in [0.15, 0.2) is 30.3 Å². The van der Waals surface area contributed by atoms with Crippen LogP contribution in [0.1, 0.15) is 19.4 Å². The summed E-state index contributed by atoms with van der Waals surface area (Å²) >= 11 is 0. The van der Waals surface area contributed by atoms with Gasteiger partial charge in [-0.05, 0) is 12.0 Å². The Bertz CT molecular complexity index is 532. The topological polar surface area (TPSA) is 50.8 Å². The summed E-state index contributed by atoms with van der Waals surface area (Å²) in [5.74, 6) is 0.116. The highest BCUT2D eigenvalue weighted by Gasteiger charge is 2.46. The summed E-state index contributed by atoms with van der Waals surface area (Å²) in [6.07, 6.45) is 0.587. The Balaban J connectivity index is 1.69. The molecule has 0 aromatic heterocycles. The molecular formula is C17H24N2O3. The van der Waals surface area contributed by atoms with Crippen LogP contribution in [-0.2, 0) is 20.7 Å². The number of amides is 1. The quantitative estimate of drug-likeness (QED) is 0.913. The van der Waals surface area contributed by atoms with Gasteiger partial charge in [-0.1, -0.05) is 44.2 Å². The van der Waals surface area contributed by atoms with E-state index >= 15 is 0 Å². The molecule has 1 N–H and O–H groups in total. The minimum Gasteiger partial charge on any atom is -0.348 e. The maximum atomic E-state index is 12.9. The number of hydrogen-bond donors (Lipinski definition) is 1. The molecule has 0 spiro atoms. The summed E-state index contributed by atoms with van der Waals surface area (Å²) in [5.41, 5.74) is 0.710. The molecule has 0 radical (unpaired) electrons. The third kappa shape index (κ3) is 2.89. The second-order valence-electron chi connectivity index (χ2n) is 6.77. The molecule has 2 aliphatic heterocycles. The number of carbonyl (C=O) groups excluding carboxylic acids is 1. The molecule has 5 nitrogen and oxygen atoms in total. The van der Waals surface area contributed by atoms with Gasteiger partial charge < -0.3 is 14.4 Å². The first-order valence-electron chi connectivity index (χ1n) is 7.77. The lowest BCUT2D eigenvalue weighted by atomic mass is 9.84. The van der Waals surface area contributed by atoms with Crippen molar-refractivity contribution in [3.05, 3.63) is 35.9 Å². The molecule has 0 aliphatic carbocycles. The summed E-state index contributed by atoms with van der Waals surface area (Å²) in [7, 11) is 1.84. The van der Waals surface area contributed by atoms with Gasteiger partial charge in [-0.15, -0.1) is 0 Å². The van der Waals surface area contributed by atoms with Gasteiger partial charge in [0.1, 0.15) is 25.2 Å². The van der Waals surface area contributed by atoms with Crippen molar-refractivity contribution in [1.82, 2.24) is 10.2 Å². The second kappa shape index (κ2) is 5.99. The first-order valence-corrected chi connectivity index (χ1v) is 7.77. The number of hydrogen-bond acceptors (Lipinski definition) is 4. The number of benzene rings is 1. The van der Waals surface area contributed by atoms with Crippen molar-refractivity contribution < 1.29 is 14.3 Å². The van der Waals surface area contributed by atoms with Crippen molar-refractivity contribution in [2.45, 2.75) is 38.6 Å². The number of likely N-dealkylation sites (N-methyl/N-ethyl adjacent to an activating group) is 1. The minimum absolute atomic E-state index is 0.0532. The lowest BCUT2D eigenvalue weighted by Gasteiger charge is -2.34. The molecule has 0 saturated carbocycles. The average molecular weight is 304 g/mol. The highest BCUT2D eigenvalue weighted by atomic mass is 16.7. The van der Waals surface area contributed by atoms with Gasteiger partial charge in [-0.25, -0.2) is 0 Å². The van der Waals surface area contributed by atoms with Gasteiger partial charge in [-0.2, -0.15) is 0 Å². The van der Waals surface area contributed by atoms with Gasteiger partial charge in [-0.3, -0.25) is 10.1 Å². The molecule has 1 aromatic carbocycles. The van der Waals surface area contributed by atoms with Crippen molar-refractivity contribution in [2.75, 3.05) is 20.4 Å². The van der Waals surface area contributed by atoms with Crippen molar-refractivity contribution >= 4 is 5.91 Å². The molecule has 2 saturated heterocycles. The second-order valence-corrected chi connectivity index (χ2v) is 6.77. The fourth-order valence-corrected chi connectivity index (χ4v) is 3.37. The lowest BCUT2D eigenvalue weighted by Crippen LogP contribution is -2.53. The summed E-state index contributed by atoms with van der Waals surface area (Å²) < 4.78 is 11.1. The molecule has 1 aromatic rings. The van der Waals surface area contributed by atoms with Crippen molar-refractivity contribution in [3.8, 4) is 0 Å². The molecular weight excluding hydrogens is 280 g/mol. The number of carbonyl (C=O) groups is 1. The van der Waals surface area contributed by atoms with E-state index in [4.69, 9.17) is 9.47 Å². The van der Waals surface area contributed by atoms with Crippen LogP contribution in [0.2, 0.25) is 0 Å². The SMILES string of the molecule is CN(C(=O)C(C)(C)Cc1ccccc1)C1NCC2OCOC21. The number of fused-ring (bicyclic) bond motifs is 1. The van der Waals surface area contributed by atoms with Crippen molar-refractivity contribution in [3.63, 3.8) is 0 Å². The smallest absolute Gasteiger partial charge is 0.229 e. The maximum Gasteiger partial charge on any atom is 0.229 e. The van der Waals surface area contributed by atoms with Gasteiger partial charge >= 0.3 is 0 Å². The van der Waals surface area contributed by atoms with Gasteiger partial charge in [0.25, 0.3) is 0 Å². The summed E-state index contributed by atoms with van der Waals surface area (Å²) in [5, 5.41) is 3.33. The highest BCUT2D eigenvalue weighted by Crippen LogP contribution is 2.29. The predicted octanol–water partition coefficient (Wildman–Crippen LogP) is 1.38. The first kappa shape index (κ1) is 15.5. The van der Waals surface area contributed by atoms with E-state index in [2.05, 4.69) is 17.4 Å². The zero-order chi connectivity index (χ0) is 15.7. The Labute approximate surface area is 131 Å². The number of ether oxygens (including phenoxy) is 2. The monoisotopic (exact) mass is 304 g/mol. The van der Waals surface area contributed by atoms with E-state index in [1.165, 1.54) is 5.56 Å². The molecule has 2 heterocycles. The normalized spacial score (nSPS) is 27.7. The van der Waals surface area contributed by atoms with Crippen LogP contribution in [0.25, 0.3) is 0 Å². The van der Waals surface area contributed by atoms with Crippen molar-refractivity contribution in [1.29, 1.82) is 0 Å². The Morgan fingerprint density at radius 2 is 2.05 bits per heavy atom. The molecule has 1 amide bonds. The van der Waals surface area contributed by atoms with Gasteiger partial charge in [0.2, 0.25) is 5.91 Å². The lowest BCUT2D eigenvalue weighted by molar-refractivity contribution is -0.144. The summed E-state index contributed by atoms with van der Waals surface area (Å²) in [4.78, 5) is 14.7. The molecule has 3 atom stereocenters. The standard InChI is InChI=1S/C17H24N2O3/c1-17(2,9-12-7-5-4-6-8-12)16(20)19(3)15-14-13(10-18-15)21-11-22-14/h4-8,13-15,18H,9-11H2,1-3H3. The molecule has 3 unspecified atom stereocenters. The Morgan fingerprint density at radius 3 is 2.77 bits per heavy atom. The first-order chi connectivity index (χ1) is 10.5. The zero-order valence-corrected chi connectivity index (χ0v) is 13.4. The largest absolute Gasteiger partial charge is 0.348 e. The Morgan fingerprint density at radius 1 is 1.32 bits per heavy atom. The molecule has 22 heavy (non-hydrogen) atoms. The minimum atomic E-state index is -0.463. The Hall–Kier alpha value is -1.43. The van der Waals surface area contributed by atoms with E-state index in [-0.39, 0.29) is 24.3 Å². The predicted molar refractivity (Wildman–Crippen MR) is 83.1 cm³/mol. The molecule has 2 aliphatic rings. The number of rotatable bonds is 4. The average Bonchev–Trinajstić information content (AvgIpc) is 3.09. The molecule has 0 bridgehead atoms. The molecule has 120 valence electrons. The van der Waals surface area contributed by atoms with Crippen LogP contribution in [0.5, 0.6) is 0 Å². The van der Waals surface area contributed by atoms with Crippen molar-refractivity contribution in [2.24, 2.45) is 5.41 Å². The summed E-state index contributed by atoms with van der Waals surface area (Å²) in [6, 6.07) is 10.1. The van der Waals surface area contributed by atoms with Crippen LogP contribution in [-0.4, -0.2) is 49.6 Å². The zero-order valence-electron chi connectivity index (χ0n) is 13.4. The van der Waals surface area contributed by atoms with E-state index < -0.39 is 5.41 Å². The van der Waals surface area contributed by atoms with Crippen LogP contribution < -0.4 is 5.32 Å². The van der Waals surface area contributed by atoms with Crippen LogP contribution in [0.4, 0.5) is 0 Å². The van der Waals surface area contributed by atoms with Gasteiger partial charge in [0, 0.05) is 19.0 Å². The van der Waals surface area contributed by atoms with Gasteiger partial charge in [0.05, 0.1) is 0 Å². The van der Waals surface area contributed by atoms with E-state index in [1.807, 2.05) is 39.1 Å². The fraction of sp³-hybridized carbons (Fsp3) is 0.588. The van der Waals surface area contributed by atoms with Crippen LogP contribution in [0.3, 0.4) is 0 Å². The molecule has 2 fully saturated rings. The highest BCUT2D eigenvalue weighted by molar-refractivity contribution is 5.82. The Kier molecular flexibility index (Phi) is 4.21. The van der Waals surface area contributed by atoms with Crippen LogP contribution in [0, 0.1) is 5.41 Å². The maximum absolute atomic E-state index is 12.9.